The van der Waals surface area contributed by atoms with Gasteiger partial charge in [-0.3, -0.25) is 0 Å². The molecule has 0 saturated heterocycles. The van der Waals surface area contributed by atoms with E-state index in [1.807, 2.05) is 6.07 Å². The highest BCUT2D eigenvalue weighted by molar-refractivity contribution is 6.32. The van der Waals surface area contributed by atoms with E-state index in [2.05, 4.69) is 10.4 Å². The van der Waals surface area contributed by atoms with E-state index in [0.29, 0.717) is 16.4 Å². The third-order valence-electron chi connectivity index (χ3n) is 4.82. The molecular weight excluding hydrogens is 375 g/mol. The summed E-state index contributed by atoms with van der Waals surface area (Å²) in [6.07, 6.45) is -1.36. The van der Waals surface area contributed by atoms with Crippen LogP contribution in [0.1, 0.15) is 16.7 Å². The summed E-state index contributed by atoms with van der Waals surface area (Å²) < 4.78 is 42.1. The van der Waals surface area contributed by atoms with E-state index in [1.54, 1.807) is 18.2 Å². The maximum Gasteiger partial charge on any atom is 0.417 e. The lowest BCUT2D eigenvalue weighted by atomic mass is 9.99. The van der Waals surface area contributed by atoms with Crippen molar-refractivity contribution in [2.75, 3.05) is 13.1 Å². The summed E-state index contributed by atoms with van der Waals surface area (Å²) in [6.45, 7) is 1.65. The lowest BCUT2D eigenvalue weighted by molar-refractivity contribution is -0.137. The van der Waals surface area contributed by atoms with Gasteiger partial charge >= 0.3 is 6.18 Å². The number of alkyl halides is 3. The van der Waals surface area contributed by atoms with Crippen molar-refractivity contribution in [2.24, 2.45) is 0 Å². The van der Waals surface area contributed by atoms with Crippen molar-refractivity contribution in [3.8, 4) is 16.9 Å². The van der Waals surface area contributed by atoms with Gasteiger partial charge in [-0.25, -0.2) is 4.68 Å². The van der Waals surface area contributed by atoms with Crippen molar-refractivity contribution in [1.82, 2.24) is 15.1 Å². The summed E-state index contributed by atoms with van der Waals surface area (Å²) in [4.78, 5) is 0. The fourth-order valence-corrected chi connectivity index (χ4v) is 3.85. The van der Waals surface area contributed by atoms with Gasteiger partial charge in [-0.15, -0.1) is 0 Å². The highest BCUT2D eigenvalue weighted by atomic mass is 35.5. The lowest BCUT2D eigenvalue weighted by Gasteiger charge is -2.18. The molecule has 0 radical (unpaired) electrons. The predicted molar refractivity (Wildman–Crippen MR) is 99.3 cm³/mol. The van der Waals surface area contributed by atoms with Crippen molar-refractivity contribution < 1.29 is 13.2 Å². The van der Waals surface area contributed by atoms with Gasteiger partial charge in [-0.2, -0.15) is 18.3 Å². The summed E-state index contributed by atoms with van der Waals surface area (Å²) in [5.41, 5.74) is 2.60. The molecule has 1 aliphatic heterocycles. The van der Waals surface area contributed by atoms with Gasteiger partial charge in [-0.1, -0.05) is 35.9 Å². The number of fused-ring (bicyclic) bond motifs is 1. The first-order chi connectivity index (χ1) is 13.0. The third kappa shape index (κ3) is 3.35. The Balaban J connectivity index is 1.93. The van der Waals surface area contributed by atoms with Crippen molar-refractivity contribution in [3.05, 3.63) is 70.4 Å². The average Bonchev–Trinajstić information content (AvgIpc) is 2.98. The first-order valence-corrected chi connectivity index (χ1v) is 9.06. The Hall–Kier alpha value is -2.31. The van der Waals surface area contributed by atoms with Crippen LogP contribution < -0.4 is 5.32 Å². The maximum absolute atomic E-state index is 13.5. The number of benzene rings is 2. The van der Waals surface area contributed by atoms with Crippen LogP contribution in [0.3, 0.4) is 0 Å². The topological polar surface area (TPSA) is 29.9 Å². The van der Waals surface area contributed by atoms with Gasteiger partial charge in [0.05, 0.1) is 28.2 Å². The Kier molecular flexibility index (Phi) is 4.70. The highest BCUT2D eigenvalue weighted by Crippen LogP contribution is 2.39. The number of hydrogen-bond donors (Lipinski definition) is 1. The van der Waals surface area contributed by atoms with Crippen LogP contribution >= 0.6 is 11.6 Å². The lowest BCUT2D eigenvalue weighted by Crippen LogP contribution is -2.16. The zero-order valence-corrected chi connectivity index (χ0v) is 15.1. The number of rotatable bonds is 2. The number of nitrogens with zero attached hydrogens (tertiary/aromatic N) is 2. The van der Waals surface area contributed by atoms with Crippen LogP contribution in [0.5, 0.6) is 0 Å². The molecule has 4 rings (SSSR count). The van der Waals surface area contributed by atoms with Crippen molar-refractivity contribution >= 4 is 11.6 Å². The van der Waals surface area contributed by atoms with E-state index in [4.69, 9.17) is 11.6 Å². The Morgan fingerprint density at radius 3 is 2.59 bits per heavy atom. The summed E-state index contributed by atoms with van der Waals surface area (Å²) in [6, 6.07) is 10.9. The van der Waals surface area contributed by atoms with Crippen LogP contribution in [0.25, 0.3) is 16.9 Å². The molecule has 0 unspecified atom stereocenters. The minimum Gasteiger partial charge on any atom is -0.316 e. The molecule has 1 aromatic heterocycles. The number of nitrogens with one attached hydrogen (secondary N) is 1. The van der Waals surface area contributed by atoms with Crippen molar-refractivity contribution in [3.63, 3.8) is 0 Å². The Bertz CT molecular complexity index is 979. The second-order valence-corrected chi connectivity index (χ2v) is 6.86. The Morgan fingerprint density at radius 2 is 1.78 bits per heavy atom. The summed E-state index contributed by atoms with van der Waals surface area (Å²) in [5.74, 6) is 0. The molecule has 2 aromatic carbocycles. The molecule has 0 spiro atoms. The molecule has 2 heterocycles. The maximum atomic E-state index is 13.5. The van der Waals surface area contributed by atoms with Crippen LogP contribution in [-0.2, 0) is 19.0 Å². The standard InChI is InChI=1S/C20H17ClF3N3/c21-17-6-5-13-7-10-25-11-8-14(13)19(17)27-18(9-12-26-27)15-3-1-2-4-16(15)20(22,23)24/h1-6,9,12,25H,7-8,10-11H2. The molecule has 3 nitrogen and oxygen atoms in total. The van der Waals surface area contributed by atoms with Crippen LogP contribution in [0.15, 0.2) is 48.7 Å². The van der Waals surface area contributed by atoms with Crippen LogP contribution in [-0.4, -0.2) is 22.9 Å². The predicted octanol–water partition coefficient (Wildman–Crippen LogP) is 4.90. The van der Waals surface area contributed by atoms with Gasteiger partial charge in [0.15, 0.2) is 0 Å². The zero-order chi connectivity index (χ0) is 19.0. The van der Waals surface area contributed by atoms with E-state index in [1.165, 1.54) is 23.0 Å². The molecule has 7 heteroatoms. The molecule has 0 atom stereocenters. The third-order valence-corrected chi connectivity index (χ3v) is 5.12. The fraction of sp³-hybridized carbons (Fsp3) is 0.250. The smallest absolute Gasteiger partial charge is 0.316 e. The largest absolute Gasteiger partial charge is 0.417 e. The van der Waals surface area contributed by atoms with Crippen LogP contribution in [0.2, 0.25) is 5.02 Å². The highest BCUT2D eigenvalue weighted by Gasteiger charge is 2.34. The van der Waals surface area contributed by atoms with Gasteiger partial charge in [0.1, 0.15) is 0 Å². The Labute approximate surface area is 159 Å². The van der Waals surface area contributed by atoms with E-state index in [0.717, 1.165) is 43.1 Å². The molecule has 0 fully saturated rings. The normalized spacial score (nSPS) is 14.7. The number of halogens is 4. The molecule has 1 aliphatic rings. The van der Waals surface area contributed by atoms with Crippen LogP contribution in [0.4, 0.5) is 13.2 Å². The second-order valence-electron chi connectivity index (χ2n) is 6.46. The van der Waals surface area contributed by atoms with Gasteiger partial charge < -0.3 is 5.32 Å². The molecular formula is C20H17ClF3N3. The van der Waals surface area contributed by atoms with E-state index in [9.17, 15) is 13.2 Å². The number of hydrogen-bond acceptors (Lipinski definition) is 2. The fourth-order valence-electron chi connectivity index (χ4n) is 3.59. The first-order valence-electron chi connectivity index (χ1n) is 8.69. The van der Waals surface area contributed by atoms with Gasteiger partial charge in [0.25, 0.3) is 0 Å². The molecule has 27 heavy (non-hydrogen) atoms. The minimum absolute atomic E-state index is 0.0860. The minimum atomic E-state index is -4.45. The zero-order valence-electron chi connectivity index (χ0n) is 14.4. The summed E-state index contributed by atoms with van der Waals surface area (Å²) >= 11 is 6.49. The van der Waals surface area contributed by atoms with Gasteiger partial charge in [0, 0.05) is 5.56 Å². The van der Waals surface area contributed by atoms with Gasteiger partial charge in [0.2, 0.25) is 0 Å². The van der Waals surface area contributed by atoms with E-state index in [-0.39, 0.29) is 5.56 Å². The first kappa shape index (κ1) is 18.1. The second kappa shape index (κ2) is 7.02. The average molecular weight is 392 g/mol. The molecule has 0 amide bonds. The van der Waals surface area contributed by atoms with Gasteiger partial charge in [-0.05, 0) is 55.3 Å². The summed E-state index contributed by atoms with van der Waals surface area (Å²) in [7, 11) is 0. The van der Waals surface area contributed by atoms with Crippen molar-refractivity contribution in [2.45, 2.75) is 19.0 Å². The molecule has 0 saturated carbocycles. The number of aromatic nitrogens is 2. The van der Waals surface area contributed by atoms with E-state index >= 15 is 0 Å². The molecule has 0 aliphatic carbocycles. The monoisotopic (exact) mass is 391 g/mol. The molecule has 0 bridgehead atoms. The molecule has 1 N–H and O–H groups in total. The van der Waals surface area contributed by atoms with Crippen molar-refractivity contribution in [1.29, 1.82) is 0 Å². The molecule has 140 valence electrons. The summed E-state index contributed by atoms with van der Waals surface area (Å²) in [5, 5.41) is 8.15. The quantitative estimate of drug-likeness (QED) is 0.673. The Morgan fingerprint density at radius 1 is 1.00 bits per heavy atom. The van der Waals surface area contributed by atoms with Crippen LogP contribution in [0, 0.1) is 0 Å². The SMILES string of the molecule is FC(F)(F)c1ccccc1-c1ccnn1-c1c(Cl)ccc2c1CCNCC2. The molecule has 3 aromatic rings. The van der Waals surface area contributed by atoms with E-state index < -0.39 is 11.7 Å².